The van der Waals surface area contributed by atoms with Crippen LogP contribution in [0.5, 0.6) is 0 Å². The highest BCUT2D eigenvalue weighted by Gasteiger charge is 2.22. The largest absolute Gasteiger partial charge is 0.455 e. The Morgan fingerprint density at radius 3 is 1.19 bits per heavy atom. The van der Waals surface area contributed by atoms with Crippen molar-refractivity contribution in [2.45, 2.75) is 54.4 Å². The van der Waals surface area contributed by atoms with Crippen LogP contribution >= 0.6 is 0 Å². The maximum absolute atomic E-state index is 6.30. The Morgan fingerprint density at radius 1 is 0.519 bits per heavy atom. The van der Waals surface area contributed by atoms with E-state index >= 15 is 0 Å². The topological polar surface area (TPSA) is 13.1 Å². The number of benzene rings is 2. The van der Waals surface area contributed by atoms with Gasteiger partial charge in [-0.05, 0) is 12.8 Å². The van der Waals surface area contributed by atoms with Gasteiger partial charge in [-0.15, -0.1) is 0 Å². The van der Waals surface area contributed by atoms with Gasteiger partial charge < -0.3 is 4.42 Å². The molecule has 0 saturated heterocycles. The van der Waals surface area contributed by atoms with E-state index in [-0.39, 0.29) is 0 Å². The average Bonchev–Trinajstić information content (AvgIpc) is 3.19. The van der Waals surface area contributed by atoms with Gasteiger partial charge >= 0.3 is 0 Å². The highest BCUT2D eigenvalue weighted by molar-refractivity contribution is 5.73. The number of hydrogen-bond donors (Lipinski definition) is 0. The van der Waals surface area contributed by atoms with E-state index in [0.29, 0.717) is 0 Å². The van der Waals surface area contributed by atoms with Gasteiger partial charge in [-0.2, -0.15) is 0 Å². The minimum atomic E-state index is 0.954. The molecule has 1 nitrogen and oxygen atoms in total. The number of furan rings is 1. The highest BCUT2D eigenvalue weighted by atomic mass is 16.3. The molecule has 0 fully saturated rings. The molecule has 144 valence electrons. The Morgan fingerprint density at radius 2 is 0.852 bits per heavy atom. The van der Waals surface area contributed by atoms with E-state index in [9.17, 15) is 0 Å². The van der Waals surface area contributed by atoms with Crippen LogP contribution in [-0.4, -0.2) is 0 Å². The molecule has 0 saturated carbocycles. The summed E-state index contributed by atoms with van der Waals surface area (Å²) in [6.07, 6.45) is 6.38. The summed E-state index contributed by atoms with van der Waals surface area (Å²) in [6, 6.07) is 20.8. The molecule has 0 bridgehead atoms. The van der Waals surface area contributed by atoms with Crippen molar-refractivity contribution >= 4 is 0 Å². The zero-order valence-corrected chi connectivity index (χ0v) is 17.8. The fraction of sp³-hybridized carbons (Fsp3) is 0.308. The van der Waals surface area contributed by atoms with E-state index < -0.39 is 0 Å². The molecule has 1 heterocycles. The van der Waals surface area contributed by atoms with Gasteiger partial charge in [0, 0.05) is 22.3 Å². The van der Waals surface area contributed by atoms with E-state index in [0.717, 1.165) is 35.5 Å². The Hall–Kier alpha value is -2.54. The minimum absolute atomic E-state index is 0.954. The fourth-order valence-electron chi connectivity index (χ4n) is 2.98. The third kappa shape index (κ3) is 5.47. The smallest absolute Gasteiger partial charge is 0.138 e. The molecule has 0 aliphatic heterocycles. The monoisotopic (exact) mass is 362 g/mol. The summed E-state index contributed by atoms with van der Waals surface area (Å²) in [5, 5.41) is 0. The first-order chi connectivity index (χ1) is 13.4. The molecule has 0 unspecified atom stereocenters. The molecule has 1 aromatic heterocycles. The van der Waals surface area contributed by atoms with Gasteiger partial charge in [-0.1, -0.05) is 114 Å². The number of fused-ring (bicyclic) bond motifs is 1. The summed E-state index contributed by atoms with van der Waals surface area (Å²) in [5.41, 5.74) is 4.99. The third-order valence-electron chi connectivity index (χ3n) is 4.00. The van der Waals surface area contributed by atoms with Crippen molar-refractivity contribution in [3.8, 4) is 22.6 Å². The van der Waals surface area contributed by atoms with E-state index in [1.54, 1.807) is 0 Å². The lowest BCUT2D eigenvalue weighted by atomic mass is 9.93. The maximum Gasteiger partial charge on any atom is 0.138 e. The van der Waals surface area contributed by atoms with E-state index in [4.69, 9.17) is 4.42 Å². The molecule has 0 atom stereocenters. The molecule has 0 radical (unpaired) electrons. The molecule has 1 heteroatoms. The standard InChI is InChI=1S/C20H16O.3C2H6/c1-3-9-15(10-4-1)19-17-13-7-8-14-18(17)20(21-19)16-11-5-2-6-12-16;3*1-2/h1-12H,13-14H2;3*1-2H3. The maximum atomic E-state index is 6.30. The summed E-state index contributed by atoms with van der Waals surface area (Å²) in [4.78, 5) is 0. The average molecular weight is 363 g/mol. The third-order valence-corrected chi connectivity index (χ3v) is 4.00. The Kier molecular flexibility index (Phi) is 10.6. The highest BCUT2D eigenvalue weighted by Crippen LogP contribution is 2.39. The summed E-state index contributed by atoms with van der Waals surface area (Å²) >= 11 is 0. The van der Waals surface area contributed by atoms with Crippen LogP contribution in [0, 0.1) is 0 Å². The van der Waals surface area contributed by atoms with Gasteiger partial charge in [0.15, 0.2) is 0 Å². The fourth-order valence-corrected chi connectivity index (χ4v) is 2.98. The molecule has 27 heavy (non-hydrogen) atoms. The molecule has 1 aliphatic rings. The molecule has 0 amide bonds. The van der Waals surface area contributed by atoms with Crippen molar-refractivity contribution in [1.29, 1.82) is 0 Å². The van der Waals surface area contributed by atoms with Crippen molar-refractivity contribution in [2.75, 3.05) is 0 Å². The molecule has 0 spiro atoms. The molecule has 3 aromatic rings. The van der Waals surface area contributed by atoms with Crippen molar-refractivity contribution in [3.05, 3.63) is 83.9 Å². The number of rotatable bonds is 2. The van der Waals surface area contributed by atoms with Crippen LogP contribution in [0.1, 0.15) is 52.7 Å². The van der Waals surface area contributed by atoms with Crippen LogP contribution in [0.25, 0.3) is 22.6 Å². The van der Waals surface area contributed by atoms with Crippen LogP contribution in [0.4, 0.5) is 0 Å². The Balaban J connectivity index is 0.000000556. The first kappa shape index (κ1) is 22.5. The van der Waals surface area contributed by atoms with Crippen molar-refractivity contribution < 1.29 is 4.42 Å². The first-order valence-electron chi connectivity index (χ1n) is 10.3. The van der Waals surface area contributed by atoms with Crippen LogP contribution in [0.3, 0.4) is 0 Å². The molecular weight excluding hydrogens is 328 g/mol. The molecular formula is C26H34O. The molecule has 2 aromatic carbocycles. The van der Waals surface area contributed by atoms with Crippen molar-refractivity contribution in [2.24, 2.45) is 0 Å². The van der Waals surface area contributed by atoms with E-state index in [1.165, 1.54) is 11.1 Å². The number of hydrogen-bond acceptors (Lipinski definition) is 1. The Bertz CT molecular complexity index is 714. The number of allylic oxidation sites excluding steroid dienone is 2. The second-order valence-corrected chi connectivity index (χ2v) is 5.33. The lowest BCUT2D eigenvalue weighted by Gasteiger charge is -2.07. The van der Waals surface area contributed by atoms with Gasteiger partial charge in [0.05, 0.1) is 0 Å². The molecule has 1 aliphatic carbocycles. The Labute approximate surface area is 165 Å². The van der Waals surface area contributed by atoms with Crippen LogP contribution in [-0.2, 0) is 12.8 Å². The predicted molar refractivity (Wildman–Crippen MR) is 120 cm³/mol. The van der Waals surface area contributed by atoms with Gasteiger partial charge in [-0.25, -0.2) is 0 Å². The second kappa shape index (κ2) is 12.8. The van der Waals surface area contributed by atoms with Gasteiger partial charge in [0.25, 0.3) is 0 Å². The lowest BCUT2D eigenvalue weighted by molar-refractivity contribution is 0.593. The van der Waals surface area contributed by atoms with Gasteiger partial charge in [-0.3, -0.25) is 0 Å². The zero-order chi connectivity index (χ0) is 20.1. The second-order valence-electron chi connectivity index (χ2n) is 5.33. The lowest BCUT2D eigenvalue weighted by Crippen LogP contribution is -1.95. The quantitative estimate of drug-likeness (QED) is 0.417. The summed E-state index contributed by atoms with van der Waals surface area (Å²) in [6.45, 7) is 12.0. The van der Waals surface area contributed by atoms with E-state index in [1.807, 2.05) is 53.7 Å². The van der Waals surface area contributed by atoms with Crippen molar-refractivity contribution in [1.82, 2.24) is 0 Å². The predicted octanol–water partition coefficient (Wildman–Crippen LogP) is 8.35. The van der Waals surface area contributed by atoms with Gasteiger partial charge in [0.2, 0.25) is 0 Å². The molecule has 0 N–H and O–H groups in total. The van der Waals surface area contributed by atoms with Crippen LogP contribution in [0.2, 0.25) is 0 Å². The summed E-state index contributed by atoms with van der Waals surface area (Å²) in [7, 11) is 0. The molecule has 4 rings (SSSR count). The first-order valence-corrected chi connectivity index (χ1v) is 10.3. The van der Waals surface area contributed by atoms with Crippen LogP contribution < -0.4 is 0 Å². The zero-order valence-electron chi connectivity index (χ0n) is 17.8. The normalized spacial score (nSPS) is 10.9. The van der Waals surface area contributed by atoms with Gasteiger partial charge in [0.1, 0.15) is 11.5 Å². The van der Waals surface area contributed by atoms with Crippen molar-refractivity contribution in [3.63, 3.8) is 0 Å². The summed E-state index contributed by atoms with van der Waals surface area (Å²) in [5.74, 6) is 2.04. The summed E-state index contributed by atoms with van der Waals surface area (Å²) < 4.78 is 6.30. The van der Waals surface area contributed by atoms with E-state index in [2.05, 4.69) is 60.7 Å². The van der Waals surface area contributed by atoms with Crippen LogP contribution in [0.15, 0.2) is 77.2 Å². The minimum Gasteiger partial charge on any atom is -0.455 e. The SMILES string of the molecule is C1=CCc2c(-c3ccccc3)oc(-c3ccccc3)c2C1.CC.CC.CC.